The quantitative estimate of drug-likeness (QED) is 0.638. The van der Waals surface area contributed by atoms with Gasteiger partial charge in [0.05, 0.1) is 5.75 Å². The summed E-state index contributed by atoms with van der Waals surface area (Å²) in [5, 5.41) is 0. The van der Waals surface area contributed by atoms with E-state index in [1.54, 1.807) is 11.2 Å². The first-order valence-electron chi connectivity index (χ1n) is 4.17. The van der Waals surface area contributed by atoms with E-state index in [2.05, 4.69) is 0 Å². The van der Waals surface area contributed by atoms with Crippen LogP contribution in [-0.4, -0.2) is 36.9 Å². The van der Waals surface area contributed by atoms with Crippen molar-refractivity contribution in [2.45, 2.75) is 25.8 Å². The lowest BCUT2D eigenvalue weighted by Gasteiger charge is -2.19. The standard InChI is InChI=1S/C7H14ClNO2S/c1-2-12(10,11)9(6-5-8)7-3-4-7/h7H,2-6H2,1H3. The van der Waals surface area contributed by atoms with Crippen LogP contribution in [0.15, 0.2) is 0 Å². The Morgan fingerprint density at radius 1 is 1.50 bits per heavy atom. The van der Waals surface area contributed by atoms with E-state index in [1.165, 1.54) is 0 Å². The van der Waals surface area contributed by atoms with Gasteiger partial charge in [0.15, 0.2) is 0 Å². The molecule has 0 amide bonds. The largest absolute Gasteiger partial charge is 0.214 e. The summed E-state index contributed by atoms with van der Waals surface area (Å²) in [5.41, 5.74) is 0. The fraction of sp³-hybridized carbons (Fsp3) is 1.00. The Bertz CT molecular complexity index is 236. The van der Waals surface area contributed by atoms with Crippen molar-refractivity contribution in [3.05, 3.63) is 0 Å². The van der Waals surface area contributed by atoms with Gasteiger partial charge in [0.1, 0.15) is 0 Å². The smallest absolute Gasteiger partial charge is 0.212 e. The van der Waals surface area contributed by atoms with Gasteiger partial charge in [-0.15, -0.1) is 11.6 Å². The molecule has 1 rings (SSSR count). The van der Waals surface area contributed by atoms with Crippen molar-refractivity contribution in [2.75, 3.05) is 18.2 Å². The Kier molecular flexibility index (Phi) is 3.37. The van der Waals surface area contributed by atoms with Gasteiger partial charge in [-0.2, -0.15) is 4.31 Å². The minimum atomic E-state index is -3.01. The van der Waals surface area contributed by atoms with Crippen LogP contribution in [0.3, 0.4) is 0 Å². The third kappa shape index (κ3) is 2.34. The highest BCUT2D eigenvalue weighted by Crippen LogP contribution is 2.29. The van der Waals surface area contributed by atoms with Crippen LogP contribution in [0.25, 0.3) is 0 Å². The topological polar surface area (TPSA) is 37.4 Å². The van der Waals surface area contributed by atoms with E-state index in [1.807, 2.05) is 0 Å². The van der Waals surface area contributed by atoms with Crippen LogP contribution in [0.5, 0.6) is 0 Å². The second-order valence-electron chi connectivity index (χ2n) is 2.93. The molecule has 1 aliphatic rings. The molecule has 0 saturated heterocycles. The molecule has 0 aromatic carbocycles. The van der Waals surface area contributed by atoms with Crippen LogP contribution in [0, 0.1) is 0 Å². The van der Waals surface area contributed by atoms with Crippen LogP contribution >= 0.6 is 11.6 Å². The molecule has 1 fully saturated rings. The van der Waals surface area contributed by atoms with Gasteiger partial charge in [0.25, 0.3) is 0 Å². The summed E-state index contributed by atoms with van der Waals surface area (Å²) < 4.78 is 24.4. The maximum absolute atomic E-state index is 11.4. The Labute approximate surface area is 78.7 Å². The fourth-order valence-corrected chi connectivity index (χ4v) is 2.81. The molecule has 0 N–H and O–H groups in total. The monoisotopic (exact) mass is 211 g/mol. The zero-order valence-electron chi connectivity index (χ0n) is 7.16. The van der Waals surface area contributed by atoms with E-state index in [9.17, 15) is 8.42 Å². The first-order chi connectivity index (χ1) is 5.61. The van der Waals surface area contributed by atoms with E-state index in [-0.39, 0.29) is 11.8 Å². The molecular formula is C7H14ClNO2S. The Balaban J connectivity index is 2.64. The molecule has 0 bridgehead atoms. The van der Waals surface area contributed by atoms with Crippen molar-refractivity contribution in [1.29, 1.82) is 0 Å². The van der Waals surface area contributed by atoms with Crippen LogP contribution in [0.4, 0.5) is 0 Å². The molecule has 0 unspecified atom stereocenters. The van der Waals surface area contributed by atoms with Gasteiger partial charge in [0, 0.05) is 18.5 Å². The van der Waals surface area contributed by atoms with Crippen molar-refractivity contribution >= 4 is 21.6 Å². The minimum absolute atomic E-state index is 0.181. The molecule has 1 saturated carbocycles. The number of halogens is 1. The van der Waals surface area contributed by atoms with Gasteiger partial charge in [0.2, 0.25) is 10.0 Å². The molecule has 12 heavy (non-hydrogen) atoms. The number of hydrogen-bond donors (Lipinski definition) is 0. The number of alkyl halides is 1. The molecule has 0 atom stereocenters. The first-order valence-corrected chi connectivity index (χ1v) is 6.31. The lowest BCUT2D eigenvalue weighted by Crippen LogP contribution is -2.35. The second-order valence-corrected chi connectivity index (χ2v) is 5.52. The predicted octanol–water partition coefficient (Wildman–Crippen LogP) is 1.04. The zero-order valence-corrected chi connectivity index (χ0v) is 8.74. The predicted molar refractivity (Wildman–Crippen MR) is 49.9 cm³/mol. The number of nitrogens with zero attached hydrogens (tertiary/aromatic N) is 1. The van der Waals surface area contributed by atoms with E-state index in [0.717, 1.165) is 12.8 Å². The summed E-state index contributed by atoms with van der Waals surface area (Å²) >= 11 is 5.53. The summed E-state index contributed by atoms with van der Waals surface area (Å²) in [6.07, 6.45) is 1.99. The summed E-state index contributed by atoms with van der Waals surface area (Å²) in [4.78, 5) is 0. The average molecular weight is 212 g/mol. The molecule has 0 aromatic rings. The molecule has 1 aliphatic carbocycles. The van der Waals surface area contributed by atoms with Crippen LogP contribution in [0.1, 0.15) is 19.8 Å². The average Bonchev–Trinajstić information content (AvgIpc) is 2.83. The Morgan fingerprint density at radius 2 is 2.08 bits per heavy atom. The Hall–Kier alpha value is 0.200. The number of sulfonamides is 1. The molecule has 5 heteroatoms. The summed E-state index contributed by atoms with van der Waals surface area (Å²) in [6.45, 7) is 2.13. The molecule has 0 radical (unpaired) electrons. The van der Waals surface area contributed by atoms with Crippen molar-refractivity contribution in [3.8, 4) is 0 Å². The molecular weight excluding hydrogens is 198 g/mol. The Morgan fingerprint density at radius 3 is 2.42 bits per heavy atom. The van der Waals surface area contributed by atoms with Crippen molar-refractivity contribution in [1.82, 2.24) is 4.31 Å². The molecule has 0 heterocycles. The zero-order chi connectivity index (χ0) is 9.19. The van der Waals surface area contributed by atoms with Crippen molar-refractivity contribution in [3.63, 3.8) is 0 Å². The van der Waals surface area contributed by atoms with E-state index < -0.39 is 10.0 Å². The third-order valence-electron chi connectivity index (χ3n) is 1.98. The van der Waals surface area contributed by atoms with E-state index >= 15 is 0 Å². The maximum atomic E-state index is 11.4. The van der Waals surface area contributed by atoms with Crippen molar-refractivity contribution < 1.29 is 8.42 Å². The van der Waals surface area contributed by atoms with E-state index in [0.29, 0.717) is 12.4 Å². The number of hydrogen-bond acceptors (Lipinski definition) is 2. The minimum Gasteiger partial charge on any atom is -0.212 e. The number of rotatable bonds is 5. The maximum Gasteiger partial charge on any atom is 0.214 e. The van der Waals surface area contributed by atoms with Gasteiger partial charge in [-0.05, 0) is 19.8 Å². The highest BCUT2D eigenvalue weighted by Gasteiger charge is 2.35. The first kappa shape index (κ1) is 10.3. The van der Waals surface area contributed by atoms with E-state index in [4.69, 9.17) is 11.6 Å². The second kappa shape index (κ2) is 3.94. The van der Waals surface area contributed by atoms with Crippen LogP contribution in [-0.2, 0) is 10.0 Å². The van der Waals surface area contributed by atoms with Crippen molar-refractivity contribution in [2.24, 2.45) is 0 Å². The van der Waals surface area contributed by atoms with Gasteiger partial charge in [-0.3, -0.25) is 0 Å². The summed E-state index contributed by atoms with van der Waals surface area (Å²) in [7, 11) is -3.01. The molecule has 0 aliphatic heterocycles. The van der Waals surface area contributed by atoms with Gasteiger partial charge >= 0.3 is 0 Å². The van der Waals surface area contributed by atoms with Crippen LogP contribution in [0.2, 0.25) is 0 Å². The van der Waals surface area contributed by atoms with Gasteiger partial charge in [-0.1, -0.05) is 0 Å². The van der Waals surface area contributed by atoms with Crippen LogP contribution < -0.4 is 0 Å². The fourth-order valence-electron chi connectivity index (χ4n) is 1.16. The highest BCUT2D eigenvalue weighted by atomic mass is 35.5. The lowest BCUT2D eigenvalue weighted by atomic mass is 10.6. The highest BCUT2D eigenvalue weighted by molar-refractivity contribution is 7.89. The summed E-state index contributed by atoms with van der Waals surface area (Å²) in [5.74, 6) is 0.566. The molecule has 72 valence electrons. The SMILES string of the molecule is CCS(=O)(=O)N(CCCl)C1CC1. The molecule has 0 aromatic heterocycles. The third-order valence-corrected chi connectivity index (χ3v) is 4.08. The molecule has 0 spiro atoms. The lowest BCUT2D eigenvalue weighted by molar-refractivity contribution is 0.423. The normalized spacial score (nSPS) is 18.6. The summed E-state index contributed by atoms with van der Waals surface area (Å²) in [6, 6.07) is 0.244. The van der Waals surface area contributed by atoms with Gasteiger partial charge < -0.3 is 0 Å². The molecule has 3 nitrogen and oxygen atoms in total. The van der Waals surface area contributed by atoms with Gasteiger partial charge in [-0.25, -0.2) is 8.42 Å².